The summed E-state index contributed by atoms with van der Waals surface area (Å²) in [7, 11) is 0. The summed E-state index contributed by atoms with van der Waals surface area (Å²) < 4.78 is 0. The molecular formula is C20H24O2. The van der Waals surface area contributed by atoms with Crippen molar-refractivity contribution in [3.05, 3.63) is 47.0 Å². The van der Waals surface area contributed by atoms with Gasteiger partial charge in [-0.2, -0.15) is 0 Å². The molecule has 3 aliphatic carbocycles. The second-order valence-corrected chi connectivity index (χ2v) is 7.70. The van der Waals surface area contributed by atoms with E-state index in [0.29, 0.717) is 11.3 Å². The largest absolute Gasteiger partial charge is 0.481 e. The van der Waals surface area contributed by atoms with Gasteiger partial charge < -0.3 is 5.11 Å². The van der Waals surface area contributed by atoms with Crippen molar-refractivity contribution in [1.82, 2.24) is 0 Å². The molecule has 0 aromatic heterocycles. The first-order chi connectivity index (χ1) is 10.6. The van der Waals surface area contributed by atoms with E-state index in [0.717, 1.165) is 23.8 Å². The third kappa shape index (κ3) is 2.12. The molecule has 0 spiro atoms. The Morgan fingerprint density at radius 2 is 2.23 bits per heavy atom. The molecule has 0 amide bonds. The van der Waals surface area contributed by atoms with Gasteiger partial charge in [-0.1, -0.05) is 37.3 Å². The van der Waals surface area contributed by atoms with Crippen LogP contribution in [0.4, 0.5) is 0 Å². The van der Waals surface area contributed by atoms with Gasteiger partial charge in [0.15, 0.2) is 0 Å². The zero-order chi connectivity index (χ0) is 15.3. The maximum Gasteiger partial charge on any atom is 0.307 e. The van der Waals surface area contributed by atoms with E-state index < -0.39 is 5.97 Å². The van der Waals surface area contributed by atoms with Gasteiger partial charge in [-0.3, -0.25) is 4.79 Å². The predicted molar refractivity (Wildman–Crippen MR) is 86.9 cm³/mol. The standard InChI is InChI=1S/C20H24O2/c1-20-9-2-3-18(20)17-7-5-14-11-13(12-19(21)22)4-6-15(14)16(17)8-10-20/h2,4,6,9,11,16-18H,3,5,7-8,10,12H2,1H3,(H,21,22)/t16-,17-,18+,20+/m1/s1. The SMILES string of the molecule is C[C@@]12C=CC[C@H]1[C@@H]1CCc3cc(CC(=O)O)ccc3[C@H]1CC2. The predicted octanol–water partition coefficient (Wildman–Crippen LogP) is 4.34. The Morgan fingerprint density at radius 3 is 3.05 bits per heavy atom. The van der Waals surface area contributed by atoms with Gasteiger partial charge in [-0.15, -0.1) is 0 Å². The van der Waals surface area contributed by atoms with Crippen LogP contribution in [-0.4, -0.2) is 11.1 Å². The Labute approximate surface area is 132 Å². The highest BCUT2D eigenvalue weighted by Gasteiger charge is 2.48. The van der Waals surface area contributed by atoms with Crippen molar-refractivity contribution in [3.63, 3.8) is 0 Å². The van der Waals surface area contributed by atoms with Gasteiger partial charge in [0, 0.05) is 0 Å². The summed E-state index contributed by atoms with van der Waals surface area (Å²) in [5.41, 5.74) is 4.31. The van der Waals surface area contributed by atoms with Gasteiger partial charge in [0.05, 0.1) is 6.42 Å². The molecule has 0 saturated heterocycles. The Balaban J connectivity index is 1.64. The summed E-state index contributed by atoms with van der Waals surface area (Å²) in [5, 5.41) is 8.98. The van der Waals surface area contributed by atoms with Crippen molar-refractivity contribution in [2.75, 3.05) is 0 Å². The number of hydrogen-bond donors (Lipinski definition) is 1. The number of carboxylic acids is 1. The Kier molecular flexibility index (Phi) is 3.18. The first kappa shape index (κ1) is 14.0. The maximum atomic E-state index is 10.9. The molecule has 0 radical (unpaired) electrons. The first-order valence-corrected chi connectivity index (χ1v) is 8.58. The van der Waals surface area contributed by atoms with Crippen molar-refractivity contribution in [3.8, 4) is 0 Å². The smallest absolute Gasteiger partial charge is 0.307 e. The topological polar surface area (TPSA) is 37.3 Å². The first-order valence-electron chi connectivity index (χ1n) is 8.58. The molecular weight excluding hydrogens is 272 g/mol. The van der Waals surface area contributed by atoms with Crippen LogP contribution in [0.2, 0.25) is 0 Å². The molecule has 1 N–H and O–H groups in total. The van der Waals surface area contributed by atoms with E-state index in [2.05, 4.69) is 31.2 Å². The molecule has 4 atom stereocenters. The molecule has 2 nitrogen and oxygen atoms in total. The van der Waals surface area contributed by atoms with Gasteiger partial charge in [0.25, 0.3) is 0 Å². The molecule has 1 saturated carbocycles. The van der Waals surface area contributed by atoms with E-state index in [-0.39, 0.29) is 6.42 Å². The molecule has 2 heteroatoms. The van der Waals surface area contributed by atoms with E-state index in [1.165, 1.54) is 36.8 Å². The molecule has 3 aliphatic rings. The lowest BCUT2D eigenvalue weighted by molar-refractivity contribution is -0.136. The summed E-state index contributed by atoms with van der Waals surface area (Å²) in [6, 6.07) is 6.42. The number of carbonyl (C=O) groups is 1. The summed E-state index contributed by atoms with van der Waals surface area (Å²) in [4.78, 5) is 10.9. The normalized spacial score (nSPS) is 35.6. The van der Waals surface area contributed by atoms with Crippen LogP contribution in [0.3, 0.4) is 0 Å². The lowest BCUT2D eigenvalue weighted by Crippen LogP contribution is -2.39. The maximum absolute atomic E-state index is 10.9. The highest BCUT2D eigenvalue weighted by atomic mass is 16.4. The number of rotatable bonds is 2. The lowest BCUT2D eigenvalue weighted by Gasteiger charge is -2.49. The van der Waals surface area contributed by atoms with Gasteiger partial charge >= 0.3 is 5.97 Å². The molecule has 0 unspecified atom stereocenters. The molecule has 1 aromatic rings. The molecule has 116 valence electrons. The molecule has 1 aromatic carbocycles. The van der Waals surface area contributed by atoms with Gasteiger partial charge in [0.2, 0.25) is 0 Å². The van der Waals surface area contributed by atoms with Crippen molar-refractivity contribution < 1.29 is 9.90 Å². The Morgan fingerprint density at radius 1 is 1.36 bits per heavy atom. The van der Waals surface area contributed by atoms with Gasteiger partial charge in [-0.25, -0.2) is 0 Å². The monoisotopic (exact) mass is 296 g/mol. The van der Waals surface area contributed by atoms with Crippen molar-refractivity contribution in [2.24, 2.45) is 17.3 Å². The minimum atomic E-state index is -0.737. The number of fused-ring (bicyclic) bond motifs is 5. The van der Waals surface area contributed by atoms with Gasteiger partial charge in [0.1, 0.15) is 0 Å². The number of hydrogen-bond acceptors (Lipinski definition) is 1. The average Bonchev–Trinajstić information content (AvgIpc) is 2.88. The second kappa shape index (κ2) is 4.97. The number of carboxylic acid groups (broad SMARTS) is 1. The quantitative estimate of drug-likeness (QED) is 0.824. The molecule has 0 aliphatic heterocycles. The van der Waals surface area contributed by atoms with Crippen LogP contribution in [-0.2, 0) is 17.6 Å². The van der Waals surface area contributed by atoms with Crippen LogP contribution in [0.15, 0.2) is 30.4 Å². The third-order valence-corrected chi connectivity index (χ3v) is 6.47. The third-order valence-electron chi connectivity index (χ3n) is 6.47. The summed E-state index contributed by atoms with van der Waals surface area (Å²) in [6.45, 7) is 2.45. The lowest BCUT2D eigenvalue weighted by atomic mass is 9.56. The van der Waals surface area contributed by atoms with Crippen LogP contribution in [0.25, 0.3) is 0 Å². The van der Waals surface area contributed by atoms with E-state index in [9.17, 15) is 4.79 Å². The van der Waals surface area contributed by atoms with Crippen LogP contribution in [0.5, 0.6) is 0 Å². The van der Waals surface area contributed by atoms with E-state index in [1.54, 1.807) is 0 Å². The summed E-state index contributed by atoms with van der Waals surface area (Å²) >= 11 is 0. The van der Waals surface area contributed by atoms with Crippen molar-refractivity contribution >= 4 is 5.97 Å². The zero-order valence-corrected chi connectivity index (χ0v) is 13.2. The molecule has 22 heavy (non-hydrogen) atoms. The molecule has 0 heterocycles. The minimum absolute atomic E-state index is 0.145. The number of benzene rings is 1. The number of aliphatic carboxylic acids is 1. The van der Waals surface area contributed by atoms with Crippen LogP contribution >= 0.6 is 0 Å². The van der Waals surface area contributed by atoms with Crippen molar-refractivity contribution in [2.45, 2.75) is 51.4 Å². The second-order valence-electron chi connectivity index (χ2n) is 7.70. The molecule has 0 bridgehead atoms. The van der Waals surface area contributed by atoms with Gasteiger partial charge in [-0.05, 0) is 72.0 Å². The highest BCUT2D eigenvalue weighted by Crippen LogP contribution is 2.58. The Hall–Kier alpha value is -1.57. The average molecular weight is 296 g/mol. The van der Waals surface area contributed by atoms with Crippen LogP contribution in [0.1, 0.15) is 55.2 Å². The fourth-order valence-corrected chi connectivity index (χ4v) is 5.40. The number of allylic oxidation sites excluding steroid dienone is 2. The van der Waals surface area contributed by atoms with E-state index >= 15 is 0 Å². The highest BCUT2D eigenvalue weighted by molar-refractivity contribution is 5.70. The summed E-state index contributed by atoms with van der Waals surface area (Å²) in [6.07, 6.45) is 11.2. The number of aryl methyl sites for hydroxylation is 1. The van der Waals surface area contributed by atoms with E-state index in [4.69, 9.17) is 5.11 Å². The molecule has 1 fully saturated rings. The van der Waals surface area contributed by atoms with Crippen LogP contribution in [0, 0.1) is 17.3 Å². The zero-order valence-electron chi connectivity index (χ0n) is 13.2. The fraction of sp³-hybridized carbons (Fsp3) is 0.550. The fourth-order valence-electron chi connectivity index (χ4n) is 5.40. The molecule has 4 rings (SSSR count). The van der Waals surface area contributed by atoms with Crippen molar-refractivity contribution in [1.29, 1.82) is 0 Å². The minimum Gasteiger partial charge on any atom is -0.481 e. The Bertz CT molecular complexity index is 645. The van der Waals surface area contributed by atoms with Crippen LogP contribution < -0.4 is 0 Å². The summed E-state index contributed by atoms with van der Waals surface area (Å²) in [5.74, 6) is 1.59. The van der Waals surface area contributed by atoms with E-state index in [1.807, 2.05) is 6.07 Å².